The lowest BCUT2D eigenvalue weighted by Gasteiger charge is -2.47. The molecule has 0 atom stereocenters. The quantitative estimate of drug-likeness (QED) is 0.600. The molecule has 2 aromatic rings. The van der Waals surface area contributed by atoms with Crippen LogP contribution in [0.15, 0.2) is 18.3 Å². The lowest BCUT2D eigenvalue weighted by molar-refractivity contribution is -0.158. The third kappa shape index (κ3) is 5.51. The Morgan fingerprint density at radius 1 is 0.919 bits per heavy atom. The van der Waals surface area contributed by atoms with Crippen LogP contribution in [0.3, 0.4) is 0 Å². The van der Waals surface area contributed by atoms with Crippen molar-refractivity contribution in [1.82, 2.24) is 24.8 Å². The first-order valence-corrected chi connectivity index (χ1v) is 13.0. The van der Waals surface area contributed by atoms with Crippen LogP contribution in [-0.2, 0) is 22.5 Å². The van der Waals surface area contributed by atoms with Crippen LogP contribution in [0.2, 0.25) is 0 Å². The summed E-state index contributed by atoms with van der Waals surface area (Å²) >= 11 is 0. The van der Waals surface area contributed by atoms with Crippen molar-refractivity contribution in [1.29, 1.82) is 0 Å². The molecule has 7 heterocycles. The predicted octanol–water partition coefficient (Wildman–Crippen LogP) is 1.93. The van der Waals surface area contributed by atoms with E-state index < -0.39 is 5.60 Å². The maximum Gasteiger partial charge on any atom is 0.254 e. The maximum absolute atomic E-state index is 13.4. The molecule has 2 saturated heterocycles. The van der Waals surface area contributed by atoms with Gasteiger partial charge in [-0.2, -0.15) is 0 Å². The van der Waals surface area contributed by atoms with Crippen LogP contribution in [0.4, 0.5) is 0 Å². The molecule has 0 radical (unpaired) electrons. The Labute approximate surface area is 216 Å². The molecule has 2 fully saturated rings. The number of aryl methyl sites for hydroxylation is 2. The number of hydrogen-bond donors (Lipinski definition) is 0. The van der Waals surface area contributed by atoms with Crippen LogP contribution in [0.1, 0.15) is 48.2 Å². The fourth-order valence-corrected chi connectivity index (χ4v) is 5.35. The van der Waals surface area contributed by atoms with Crippen LogP contribution in [0.5, 0.6) is 17.2 Å². The predicted molar refractivity (Wildman–Crippen MR) is 133 cm³/mol. The Morgan fingerprint density at radius 2 is 1.68 bits per heavy atom. The minimum Gasteiger partial charge on any atom is -0.493 e. The fourth-order valence-electron chi connectivity index (χ4n) is 5.35. The minimum atomic E-state index is -0.405. The van der Waals surface area contributed by atoms with Crippen molar-refractivity contribution in [3.8, 4) is 17.2 Å². The molecule has 2 amide bonds. The van der Waals surface area contributed by atoms with Gasteiger partial charge < -0.3 is 28.7 Å². The Balaban J connectivity index is 1.40. The summed E-state index contributed by atoms with van der Waals surface area (Å²) in [4.78, 5) is 30.2. The second-order valence-electron chi connectivity index (χ2n) is 9.88. The van der Waals surface area contributed by atoms with E-state index >= 15 is 0 Å². The van der Waals surface area contributed by atoms with Gasteiger partial charge in [0.2, 0.25) is 11.7 Å². The molecule has 1 spiro atoms. The molecule has 1 aromatic carbocycles. The summed E-state index contributed by atoms with van der Waals surface area (Å²) in [6.07, 6.45) is 5.89. The highest BCUT2D eigenvalue weighted by Gasteiger charge is 2.42. The van der Waals surface area contributed by atoms with E-state index in [9.17, 15) is 9.59 Å². The number of aromatic nitrogens is 3. The molecule has 8 rings (SSSR count). The highest BCUT2D eigenvalue weighted by molar-refractivity contribution is 5.95. The summed E-state index contributed by atoms with van der Waals surface area (Å²) < 4.78 is 25.2. The molecule has 11 heteroatoms. The molecule has 7 bridgehead atoms. The summed E-state index contributed by atoms with van der Waals surface area (Å²) in [7, 11) is 3.10. The van der Waals surface area contributed by atoms with Crippen molar-refractivity contribution < 1.29 is 28.5 Å². The third-order valence-corrected chi connectivity index (χ3v) is 7.46. The van der Waals surface area contributed by atoms with Crippen molar-refractivity contribution in [3.63, 3.8) is 0 Å². The summed E-state index contributed by atoms with van der Waals surface area (Å²) in [5.41, 5.74) is 0.957. The summed E-state index contributed by atoms with van der Waals surface area (Å²) in [6.45, 7) is 3.85. The van der Waals surface area contributed by atoms with E-state index in [1.54, 1.807) is 31.0 Å². The van der Waals surface area contributed by atoms with Gasteiger partial charge in [0.1, 0.15) is 0 Å². The molecule has 0 unspecified atom stereocenters. The van der Waals surface area contributed by atoms with Crippen molar-refractivity contribution in [3.05, 3.63) is 29.6 Å². The standard InChI is InChI=1S/C26H35N5O6/c1-34-21-15-19-16-22(35-2)24(21)36-13-4-9-31-17-20(27-28-31)5-3-6-23(32)30-12-14-37-26(18-30)7-10-29(11-8-26)25(19)33/h15-17H,3-14,18H2,1-2H3. The summed E-state index contributed by atoms with van der Waals surface area (Å²) in [6, 6.07) is 3.41. The fraction of sp³-hybridized carbons (Fsp3) is 0.615. The number of hydrogen-bond acceptors (Lipinski definition) is 8. The Morgan fingerprint density at radius 3 is 2.41 bits per heavy atom. The first-order chi connectivity index (χ1) is 18.0. The SMILES string of the molecule is COc1cc2cc(OC)c1OCCCn1cc(nn1)CCCC(=O)N1CCOC3(CCN(CC3)C2=O)C1. The number of benzene rings is 1. The van der Waals surface area contributed by atoms with Gasteiger partial charge in [-0.15, -0.1) is 5.10 Å². The van der Waals surface area contributed by atoms with Gasteiger partial charge in [0.05, 0.1) is 38.7 Å². The monoisotopic (exact) mass is 513 g/mol. The van der Waals surface area contributed by atoms with Gasteiger partial charge in [0.15, 0.2) is 11.5 Å². The molecular formula is C26H35N5O6. The molecule has 0 aliphatic carbocycles. The Hall–Kier alpha value is -3.34. The van der Waals surface area contributed by atoms with E-state index in [2.05, 4.69) is 10.3 Å². The number of methoxy groups -OCH3 is 2. The number of rotatable bonds is 2. The van der Waals surface area contributed by atoms with Crippen LogP contribution in [0.25, 0.3) is 0 Å². The van der Waals surface area contributed by atoms with Crippen molar-refractivity contribution >= 4 is 11.8 Å². The van der Waals surface area contributed by atoms with E-state index in [0.717, 1.165) is 12.1 Å². The normalized spacial score (nSPS) is 20.7. The summed E-state index contributed by atoms with van der Waals surface area (Å²) in [5.74, 6) is 1.43. The molecule has 11 nitrogen and oxygen atoms in total. The van der Waals surface area contributed by atoms with E-state index in [4.69, 9.17) is 18.9 Å². The lowest BCUT2D eigenvalue weighted by Crippen LogP contribution is -2.58. The molecule has 1 aromatic heterocycles. The van der Waals surface area contributed by atoms with Gasteiger partial charge in [-0.05, 0) is 37.8 Å². The van der Waals surface area contributed by atoms with Crippen LogP contribution >= 0.6 is 0 Å². The number of ether oxygens (including phenoxy) is 4. The maximum atomic E-state index is 13.4. The van der Waals surface area contributed by atoms with Gasteiger partial charge in [0.25, 0.3) is 5.91 Å². The minimum absolute atomic E-state index is 0.0918. The molecule has 6 aliphatic heterocycles. The molecule has 200 valence electrons. The highest BCUT2D eigenvalue weighted by atomic mass is 16.5. The lowest BCUT2D eigenvalue weighted by atomic mass is 9.88. The molecule has 0 N–H and O–H groups in total. The zero-order valence-corrected chi connectivity index (χ0v) is 21.6. The van der Waals surface area contributed by atoms with Crippen molar-refractivity contribution in [2.75, 3.05) is 53.6 Å². The number of carbonyl (C=O) groups excluding carboxylic acids is 2. The van der Waals surface area contributed by atoms with E-state index in [-0.39, 0.29) is 11.8 Å². The smallest absolute Gasteiger partial charge is 0.254 e. The second-order valence-corrected chi connectivity index (χ2v) is 9.88. The van der Waals surface area contributed by atoms with Gasteiger partial charge in [-0.3, -0.25) is 14.3 Å². The zero-order valence-electron chi connectivity index (χ0n) is 21.6. The van der Waals surface area contributed by atoms with E-state index in [1.165, 1.54) is 0 Å². The Kier molecular flexibility index (Phi) is 7.50. The number of carbonyl (C=O) groups is 2. The number of morpholine rings is 1. The third-order valence-electron chi connectivity index (χ3n) is 7.46. The number of amides is 2. The highest BCUT2D eigenvalue weighted by Crippen LogP contribution is 2.39. The molecule has 0 saturated carbocycles. The van der Waals surface area contributed by atoms with Crippen LogP contribution in [-0.4, -0.2) is 95.8 Å². The molecule has 37 heavy (non-hydrogen) atoms. The Bertz CT molecular complexity index is 1100. The van der Waals surface area contributed by atoms with Gasteiger partial charge in [-0.1, -0.05) is 5.21 Å². The van der Waals surface area contributed by atoms with Crippen LogP contribution < -0.4 is 14.2 Å². The van der Waals surface area contributed by atoms with Gasteiger partial charge >= 0.3 is 0 Å². The van der Waals surface area contributed by atoms with Crippen LogP contribution in [0, 0.1) is 0 Å². The topological polar surface area (TPSA) is 108 Å². The average Bonchev–Trinajstić information content (AvgIpc) is 3.37. The van der Waals surface area contributed by atoms with E-state index in [0.29, 0.717) is 101 Å². The molecular weight excluding hydrogens is 478 g/mol. The van der Waals surface area contributed by atoms with Crippen molar-refractivity contribution in [2.24, 2.45) is 0 Å². The first kappa shape index (κ1) is 25.3. The number of nitrogens with zero attached hydrogens (tertiary/aromatic N) is 5. The summed E-state index contributed by atoms with van der Waals surface area (Å²) in [5, 5.41) is 8.46. The largest absolute Gasteiger partial charge is 0.493 e. The van der Waals surface area contributed by atoms with Crippen molar-refractivity contribution in [2.45, 2.75) is 50.7 Å². The van der Waals surface area contributed by atoms with Gasteiger partial charge in [0, 0.05) is 57.3 Å². The molecule has 6 aliphatic rings. The van der Waals surface area contributed by atoms with Gasteiger partial charge in [-0.25, -0.2) is 0 Å². The average molecular weight is 514 g/mol. The second kappa shape index (κ2) is 11.0. The number of piperidine rings is 1. The zero-order chi connectivity index (χ0) is 25.8. The van der Waals surface area contributed by atoms with E-state index in [1.807, 2.05) is 16.0 Å². The first-order valence-electron chi connectivity index (χ1n) is 13.0.